The zero-order valence-corrected chi connectivity index (χ0v) is 15.2. The van der Waals surface area contributed by atoms with Crippen molar-refractivity contribution in [1.29, 1.82) is 0 Å². The van der Waals surface area contributed by atoms with Crippen molar-refractivity contribution in [3.05, 3.63) is 27.7 Å². The Balaban J connectivity index is 2.20. The first-order chi connectivity index (χ1) is 10.8. The second-order valence-corrected chi connectivity index (χ2v) is 8.12. The number of nitrogens with one attached hydrogen (secondary N) is 2. The van der Waals surface area contributed by atoms with Gasteiger partial charge in [0.15, 0.2) is 0 Å². The van der Waals surface area contributed by atoms with Crippen molar-refractivity contribution in [2.45, 2.75) is 50.0 Å². The van der Waals surface area contributed by atoms with Gasteiger partial charge in [-0.25, -0.2) is 13.1 Å². The number of carbonyl (C=O) groups is 1. The molecule has 0 spiro atoms. The molecule has 1 saturated carbocycles. The summed E-state index contributed by atoms with van der Waals surface area (Å²) in [6.07, 6.45) is 4.55. The van der Waals surface area contributed by atoms with Crippen LogP contribution in [-0.4, -0.2) is 26.9 Å². The van der Waals surface area contributed by atoms with Crippen LogP contribution in [0.4, 0.5) is 0 Å². The summed E-state index contributed by atoms with van der Waals surface area (Å²) in [5.74, 6) is -0.398. The van der Waals surface area contributed by atoms with Crippen LogP contribution in [-0.2, 0) is 10.0 Å². The van der Waals surface area contributed by atoms with E-state index >= 15 is 0 Å². The van der Waals surface area contributed by atoms with E-state index in [4.69, 9.17) is 23.2 Å². The van der Waals surface area contributed by atoms with E-state index in [9.17, 15) is 13.2 Å². The quantitative estimate of drug-likeness (QED) is 0.680. The van der Waals surface area contributed by atoms with Crippen molar-refractivity contribution in [2.75, 3.05) is 6.54 Å². The molecule has 1 aliphatic rings. The molecule has 128 valence electrons. The van der Waals surface area contributed by atoms with Gasteiger partial charge < -0.3 is 5.32 Å². The van der Waals surface area contributed by atoms with Gasteiger partial charge in [0.2, 0.25) is 10.0 Å². The third kappa shape index (κ3) is 5.08. The summed E-state index contributed by atoms with van der Waals surface area (Å²) in [5, 5.41) is 2.88. The maximum Gasteiger partial charge on any atom is 0.252 e. The monoisotopic (exact) mass is 378 g/mol. The van der Waals surface area contributed by atoms with Crippen LogP contribution >= 0.6 is 23.2 Å². The van der Waals surface area contributed by atoms with Crippen LogP contribution in [0.25, 0.3) is 0 Å². The SMILES string of the molecule is CCCCCNC(=O)c1cc(S(=O)(=O)NC2CC2)c(Cl)cc1Cl. The normalized spacial score (nSPS) is 14.7. The van der Waals surface area contributed by atoms with Crippen molar-refractivity contribution in [3.63, 3.8) is 0 Å². The van der Waals surface area contributed by atoms with Crippen molar-refractivity contribution in [1.82, 2.24) is 10.0 Å². The average molecular weight is 379 g/mol. The summed E-state index contributed by atoms with van der Waals surface area (Å²) in [6.45, 7) is 2.59. The highest BCUT2D eigenvalue weighted by Gasteiger charge is 2.30. The number of hydrogen-bond donors (Lipinski definition) is 2. The van der Waals surface area contributed by atoms with Gasteiger partial charge in [-0.15, -0.1) is 0 Å². The highest BCUT2D eigenvalue weighted by molar-refractivity contribution is 7.89. The molecule has 0 atom stereocenters. The van der Waals surface area contributed by atoms with Gasteiger partial charge in [-0.2, -0.15) is 0 Å². The molecule has 1 aromatic carbocycles. The molecule has 1 amide bonds. The molecule has 2 rings (SSSR count). The number of sulfonamides is 1. The Kier molecular flexibility index (Phi) is 6.31. The minimum Gasteiger partial charge on any atom is -0.352 e. The number of benzene rings is 1. The van der Waals surface area contributed by atoms with Crippen molar-refractivity contribution < 1.29 is 13.2 Å². The number of hydrogen-bond acceptors (Lipinski definition) is 3. The first kappa shape index (κ1) is 18.5. The first-order valence-electron chi connectivity index (χ1n) is 7.64. The van der Waals surface area contributed by atoms with Crippen LogP contribution < -0.4 is 10.0 Å². The topological polar surface area (TPSA) is 75.3 Å². The maximum absolute atomic E-state index is 12.3. The van der Waals surface area contributed by atoms with Gasteiger partial charge in [-0.3, -0.25) is 4.79 Å². The minimum absolute atomic E-state index is 0.00526. The molecule has 0 saturated heterocycles. The summed E-state index contributed by atoms with van der Waals surface area (Å²) in [5.41, 5.74) is 0.115. The fraction of sp³-hybridized carbons (Fsp3) is 0.533. The molecule has 0 bridgehead atoms. The van der Waals surface area contributed by atoms with Crippen LogP contribution in [0, 0.1) is 0 Å². The van der Waals surface area contributed by atoms with E-state index in [1.807, 2.05) is 0 Å². The largest absolute Gasteiger partial charge is 0.352 e. The highest BCUT2D eigenvalue weighted by atomic mass is 35.5. The Bertz CT molecular complexity index is 688. The summed E-state index contributed by atoms with van der Waals surface area (Å²) in [4.78, 5) is 12.1. The Morgan fingerprint density at radius 3 is 2.52 bits per heavy atom. The van der Waals surface area contributed by atoms with Crippen LogP contribution in [0.5, 0.6) is 0 Å². The molecule has 23 heavy (non-hydrogen) atoms. The van der Waals surface area contributed by atoms with Gasteiger partial charge in [0.25, 0.3) is 5.91 Å². The van der Waals surface area contributed by atoms with Crippen LogP contribution in [0.3, 0.4) is 0 Å². The predicted molar refractivity (Wildman–Crippen MR) is 91.7 cm³/mol. The lowest BCUT2D eigenvalue weighted by molar-refractivity contribution is 0.0953. The van der Waals surface area contributed by atoms with Crippen LogP contribution in [0.15, 0.2) is 17.0 Å². The van der Waals surface area contributed by atoms with Crippen molar-refractivity contribution >= 4 is 39.1 Å². The fourth-order valence-corrected chi connectivity index (χ4v) is 4.23. The number of rotatable bonds is 8. The van der Waals surface area contributed by atoms with E-state index < -0.39 is 15.9 Å². The molecule has 2 N–H and O–H groups in total. The Morgan fingerprint density at radius 1 is 1.22 bits per heavy atom. The third-order valence-corrected chi connectivity index (χ3v) is 5.82. The first-order valence-corrected chi connectivity index (χ1v) is 9.88. The van der Waals surface area contributed by atoms with Gasteiger partial charge in [-0.1, -0.05) is 43.0 Å². The maximum atomic E-state index is 12.3. The van der Waals surface area contributed by atoms with Gasteiger partial charge >= 0.3 is 0 Å². The second-order valence-electron chi connectivity index (χ2n) is 5.62. The third-order valence-electron chi connectivity index (χ3n) is 3.52. The lowest BCUT2D eigenvalue weighted by Gasteiger charge is -2.12. The van der Waals surface area contributed by atoms with Crippen LogP contribution in [0.1, 0.15) is 49.4 Å². The Labute approximate surface area is 146 Å². The zero-order valence-electron chi connectivity index (χ0n) is 12.9. The molecule has 0 heterocycles. The predicted octanol–water partition coefficient (Wildman–Crippen LogP) is 3.35. The van der Waals surface area contributed by atoms with Gasteiger partial charge in [0.05, 0.1) is 15.6 Å². The lowest BCUT2D eigenvalue weighted by atomic mass is 10.2. The average Bonchev–Trinajstić information content (AvgIpc) is 3.26. The molecule has 5 nitrogen and oxygen atoms in total. The van der Waals surface area contributed by atoms with Gasteiger partial charge in [-0.05, 0) is 31.4 Å². The molecular weight excluding hydrogens is 359 g/mol. The standard InChI is InChI=1S/C15H20Cl2N2O3S/c1-2-3-4-7-18-15(20)11-8-14(13(17)9-12(11)16)23(21,22)19-10-5-6-10/h8-10,19H,2-7H2,1H3,(H,18,20). The Morgan fingerprint density at radius 2 is 1.91 bits per heavy atom. The van der Waals surface area contributed by atoms with E-state index in [-0.39, 0.29) is 26.5 Å². The summed E-state index contributed by atoms with van der Waals surface area (Å²) < 4.78 is 27.2. The smallest absolute Gasteiger partial charge is 0.252 e. The Hall–Kier alpha value is -0.820. The number of amides is 1. The fourth-order valence-electron chi connectivity index (χ4n) is 2.07. The van der Waals surface area contributed by atoms with E-state index in [2.05, 4.69) is 17.0 Å². The highest BCUT2D eigenvalue weighted by Crippen LogP contribution is 2.30. The number of halogens is 2. The molecule has 0 aliphatic heterocycles. The summed E-state index contributed by atoms with van der Waals surface area (Å²) in [7, 11) is -3.75. The van der Waals surface area contributed by atoms with Crippen LogP contribution in [0.2, 0.25) is 10.0 Å². The molecule has 1 aliphatic carbocycles. The number of unbranched alkanes of at least 4 members (excludes halogenated alkanes) is 2. The van der Waals surface area contributed by atoms with Gasteiger partial charge in [0, 0.05) is 12.6 Å². The summed E-state index contributed by atoms with van der Waals surface area (Å²) in [6, 6.07) is 2.49. The van der Waals surface area contributed by atoms with E-state index in [1.165, 1.54) is 12.1 Å². The number of carbonyl (C=O) groups excluding carboxylic acids is 1. The van der Waals surface area contributed by atoms with E-state index in [1.54, 1.807) is 0 Å². The minimum atomic E-state index is -3.75. The lowest BCUT2D eigenvalue weighted by Crippen LogP contribution is -2.28. The zero-order chi connectivity index (χ0) is 17.0. The van der Waals surface area contributed by atoms with E-state index in [0.717, 1.165) is 32.1 Å². The molecule has 0 radical (unpaired) electrons. The molecule has 1 aromatic rings. The summed E-state index contributed by atoms with van der Waals surface area (Å²) >= 11 is 12.0. The molecular formula is C15H20Cl2N2O3S. The molecule has 1 fully saturated rings. The molecule has 0 unspecified atom stereocenters. The van der Waals surface area contributed by atoms with Crippen molar-refractivity contribution in [2.24, 2.45) is 0 Å². The van der Waals surface area contributed by atoms with E-state index in [0.29, 0.717) is 6.54 Å². The molecule has 0 aromatic heterocycles. The van der Waals surface area contributed by atoms with Gasteiger partial charge in [0.1, 0.15) is 4.90 Å². The second kappa shape index (κ2) is 7.83. The van der Waals surface area contributed by atoms with Crippen molar-refractivity contribution in [3.8, 4) is 0 Å². The molecule has 8 heteroatoms.